The van der Waals surface area contributed by atoms with E-state index in [0.717, 1.165) is 17.0 Å². The molecule has 0 amide bonds. The van der Waals surface area contributed by atoms with Crippen LogP contribution in [-0.2, 0) is 0 Å². The maximum absolute atomic E-state index is 13.2. The Balaban J connectivity index is 3.23. The van der Waals surface area contributed by atoms with Crippen molar-refractivity contribution in [1.29, 1.82) is 0 Å². The van der Waals surface area contributed by atoms with Crippen molar-refractivity contribution in [1.82, 2.24) is 0 Å². The molecule has 1 atom stereocenters. The molecule has 0 saturated heterocycles. The highest BCUT2D eigenvalue weighted by atomic mass is 19.4. The Morgan fingerprint density at radius 2 is 1.79 bits per heavy atom. The summed E-state index contributed by atoms with van der Waals surface area (Å²) in [4.78, 5) is 1.10. The molecule has 0 fully saturated rings. The van der Waals surface area contributed by atoms with Gasteiger partial charge in [-0.25, -0.2) is 4.39 Å². The Bertz CT molecular complexity index is 429. The Kier molecular flexibility index (Phi) is 4.79. The van der Waals surface area contributed by atoms with Crippen molar-refractivity contribution in [2.75, 3.05) is 11.4 Å². The van der Waals surface area contributed by atoms with Crippen LogP contribution in [0.1, 0.15) is 32.4 Å². The molecule has 0 aliphatic carbocycles. The molecular formula is C13H17F4NO. The van der Waals surface area contributed by atoms with Gasteiger partial charge in [-0.1, -0.05) is 0 Å². The standard InChI is InChI=1S/C13H17F4NO/c1-8(2)18(7-13(15,16)17)12-5-4-10(14)6-11(12)9(3)19/h4-6,8-9,19H,7H2,1-3H3/t9-/m0/s1. The van der Waals surface area contributed by atoms with Gasteiger partial charge in [-0.3, -0.25) is 0 Å². The highest BCUT2D eigenvalue weighted by Gasteiger charge is 2.33. The minimum absolute atomic E-state index is 0.151. The van der Waals surface area contributed by atoms with Crippen LogP contribution in [0.4, 0.5) is 23.2 Å². The van der Waals surface area contributed by atoms with Crippen LogP contribution in [-0.4, -0.2) is 23.9 Å². The molecule has 1 rings (SSSR count). The predicted molar refractivity (Wildman–Crippen MR) is 65.6 cm³/mol. The first kappa shape index (κ1) is 15.8. The average Bonchev–Trinajstić information content (AvgIpc) is 2.24. The zero-order valence-electron chi connectivity index (χ0n) is 11.0. The van der Waals surface area contributed by atoms with E-state index in [4.69, 9.17) is 0 Å². The van der Waals surface area contributed by atoms with Crippen molar-refractivity contribution < 1.29 is 22.7 Å². The number of aliphatic hydroxyl groups excluding tert-OH is 1. The first-order chi connectivity index (χ1) is 8.61. The lowest BCUT2D eigenvalue weighted by atomic mass is 10.1. The van der Waals surface area contributed by atoms with Gasteiger partial charge < -0.3 is 10.0 Å². The third kappa shape index (κ3) is 4.38. The van der Waals surface area contributed by atoms with Gasteiger partial charge in [-0.2, -0.15) is 13.2 Å². The molecule has 19 heavy (non-hydrogen) atoms. The Hall–Kier alpha value is -1.30. The number of anilines is 1. The number of halogens is 4. The molecule has 0 radical (unpaired) electrons. The van der Waals surface area contributed by atoms with Crippen molar-refractivity contribution in [3.63, 3.8) is 0 Å². The van der Waals surface area contributed by atoms with E-state index >= 15 is 0 Å². The molecule has 0 spiro atoms. The summed E-state index contributed by atoms with van der Waals surface area (Å²) >= 11 is 0. The van der Waals surface area contributed by atoms with E-state index in [0.29, 0.717) is 0 Å². The van der Waals surface area contributed by atoms with Crippen molar-refractivity contribution >= 4 is 5.69 Å². The van der Waals surface area contributed by atoms with Gasteiger partial charge in [0.1, 0.15) is 12.4 Å². The lowest BCUT2D eigenvalue weighted by molar-refractivity contribution is -0.120. The van der Waals surface area contributed by atoms with Crippen LogP contribution in [0.2, 0.25) is 0 Å². The molecule has 0 aliphatic rings. The Labute approximate surface area is 109 Å². The topological polar surface area (TPSA) is 23.5 Å². The van der Waals surface area contributed by atoms with Crippen LogP contribution >= 0.6 is 0 Å². The van der Waals surface area contributed by atoms with Crippen LogP contribution in [0.25, 0.3) is 0 Å². The molecule has 1 aromatic carbocycles. The third-order valence-corrected chi connectivity index (χ3v) is 2.72. The molecule has 2 nitrogen and oxygen atoms in total. The summed E-state index contributed by atoms with van der Waals surface area (Å²) < 4.78 is 50.9. The van der Waals surface area contributed by atoms with Crippen molar-refractivity contribution in [2.24, 2.45) is 0 Å². The van der Waals surface area contributed by atoms with Gasteiger partial charge in [0.25, 0.3) is 0 Å². The number of hydrogen-bond acceptors (Lipinski definition) is 2. The fraction of sp³-hybridized carbons (Fsp3) is 0.538. The monoisotopic (exact) mass is 279 g/mol. The largest absolute Gasteiger partial charge is 0.405 e. The lowest BCUT2D eigenvalue weighted by Gasteiger charge is -2.32. The molecular weight excluding hydrogens is 262 g/mol. The predicted octanol–water partition coefficient (Wildman–Crippen LogP) is 3.66. The summed E-state index contributed by atoms with van der Waals surface area (Å²) in [5.41, 5.74) is 0.349. The van der Waals surface area contributed by atoms with E-state index in [1.165, 1.54) is 13.0 Å². The number of hydrogen-bond donors (Lipinski definition) is 1. The van der Waals surface area contributed by atoms with Gasteiger partial charge in [0.15, 0.2) is 0 Å². The molecule has 0 heterocycles. The summed E-state index contributed by atoms with van der Waals surface area (Å²) in [6.45, 7) is 3.47. The number of rotatable bonds is 4. The van der Waals surface area contributed by atoms with E-state index in [2.05, 4.69) is 0 Å². The summed E-state index contributed by atoms with van der Waals surface area (Å²) in [5, 5.41) is 9.58. The van der Waals surface area contributed by atoms with E-state index < -0.39 is 30.7 Å². The van der Waals surface area contributed by atoms with Gasteiger partial charge in [0, 0.05) is 17.3 Å². The van der Waals surface area contributed by atoms with E-state index in [1.54, 1.807) is 13.8 Å². The maximum atomic E-state index is 13.2. The van der Waals surface area contributed by atoms with Crippen LogP contribution in [0.3, 0.4) is 0 Å². The van der Waals surface area contributed by atoms with Gasteiger partial charge in [-0.05, 0) is 39.0 Å². The third-order valence-electron chi connectivity index (χ3n) is 2.72. The number of benzene rings is 1. The molecule has 1 aromatic rings. The number of nitrogens with zero attached hydrogens (tertiary/aromatic N) is 1. The van der Waals surface area contributed by atoms with E-state index in [9.17, 15) is 22.7 Å². The zero-order valence-corrected chi connectivity index (χ0v) is 11.0. The van der Waals surface area contributed by atoms with Crippen LogP contribution in [0.15, 0.2) is 18.2 Å². The summed E-state index contributed by atoms with van der Waals surface area (Å²) in [7, 11) is 0. The molecule has 0 bridgehead atoms. The van der Waals surface area contributed by atoms with Crippen molar-refractivity contribution in [2.45, 2.75) is 39.1 Å². The first-order valence-corrected chi connectivity index (χ1v) is 5.92. The second-order valence-corrected chi connectivity index (χ2v) is 4.72. The summed E-state index contributed by atoms with van der Waals surface area (Å²) in [5.74, 6) is -0.588. The molecule has 1 N–H and O–H groups in total. The first-order valence-electron chi connectivity index (χ1n) is 5.92. The summed E-state index contributed by atoms with van der Waals surface area (Å²) in [6, 6.07) is 2.99. The van der Waals surface area contributed by atoms with Crippen LogP contribution < -0.4 is 4.90 Å². The van der Waals surface area contributed by atoms with E-state index in [1.807, 2.05) is 0 Å². The molecule has 6 heteroatoms. The molecule has 108 valence electrons. The highest BCUT2D eigenvalue weighted by Crippen LogP contribution is 2.31. The second kappa shape index (κ2) is 5.77. The van der Waals surface area contributed by atoms with Gasteiger partial charge >= 0.3 is 6.18 Å². The summed E-state index contributed by atoms with van der Waals surface area (Å²) in [6.07, 6.45) is -5.41. The highest BCUT2D eigenvalue weighted by molar-refractivity contribution is 5.55. The number of alkyl halides is 3. The minimum Gasteiger partial charge on any atom is -0.389 e. The maximum Gasteiger partial charge on any atom is 0.405 e. The zero-order chi connectivity index (χ0) is 14.8. The van der Waals surface area contributed by atoms with E-state index in [-0.39, 0.29) is 11.3 Å². The van der Waals surface area contributed by atoms with Gasteiger partial charge in [-0.15, -0.1) is 0 Å². The SMILES string of the molecule is CC(C)N(CC(F)(F)F)c1ccc(F)cc1[C@H](C)O. The smallest absolute Gasteiger partial charge is 0.389 e. The van der Waals surface area contributed by atoms with Crippen LogP contribution in [0, 0.1) is 5.82 Å². The fourth-order valence-corrected chi connectivity index (χ4v) is 1.86. The normalized spacial score (nSPS) is 13.7. The van der Waals surface area contributed by atoms with Gasteiger partial charge in [0.2, 0.25) is 0 Å². The molecule has 0 aliphatic heterocycles. The second-order valence-electron chi connectivity index (χ2n) is 4.72. The van der Waals surface area contributed by atoms with Crippen LogP contribution in [0.5, 0.6) is 0 Å². The van der Waals surface area contributed by atoms with Crippen molar-refractivity contribution in [3.05, 3.63) is 29.6 Å². The number of aliphatic hydroxyl groups is 1. The molecule has 0 aromatic heterocycles. The lowest BCUT2D eigenvalue weighted by Crippen LogP contribution is -2.39. The van der Waals surface area contributed by atoms with Crippen molar-refractivity contribution in [3.8, 4) is 0 Å². The Morgan fingerprint density at radius 3 is 2.21 bits per heavy atom. The quantitative estimate of drug-likeness (QED) is 0.850. The minimum atomic E-state index is -4.37. The Morgan fingerprint density at radius 1 is 1.21 bits per heavy atom. The molecule has 0 unspecified atom stereocenters. The average molecular weight is 279 g/mol. The molecule has 0 saturated carbocycles. The fourth-order valence-electron chi connectivity index (χ4n) is 1.86. The van der Waals surface area contributed by atoms with Gasteiger partial charge in [0.05, 0.1) is 6.10 Å².